The number of carbonyl (C=O) groups excluding carboxylic acids is 1. The third-order valence-corrected chi connectivity index (χ3v) is 5.85. The summed E-state index contributed by atoms with van der Waals surface area (Å²) in [5.41, 5.74) is 3.22. The summed E-state index contributed by atoms with van der Waals surface area (Å²) in [6.07, 6.45) is 1.67. The van der Waals surface area contributed by atoms with Gasteiger partial charge in [0.25, 0.3) is 5.91 Å². The van der Waals surface area contributed by atoms with Gasteiger partial charge in [-0.15, -0.1) is 0 Å². The first-order valence-corrected chi connectivity index (χ1v) is 10.4. The van der Waals surface area contributed by atoms with Crippen molar-refractivity contribution < 1.29 is 4.79 Å². The molecule has 144 valence electrons. The van der Waals surface area contributed by atoms with Gasteiger partial charge < -0.3 is 5.32 Å². The summed E-state index contributed by atoms with van der Waals surface area (Å²) in [4.78, 5) is 17.6. The van der Waals surface area contributed by atoms with Gasteiger partial charge in [0, 0.05) is 27.3 Å². The zero-order valence-electron chi connectivity index (χ0n) is 16.0. The Hall–Kier alpha value is -3.50. The van der Waals surface area contributed by atoms with Crippen molar-refractivity contribution in [1.82, 2.24) is 4.98 Å². The molecule has 0 saturated heterocycles. The summed E-state index contributed by atoms with van der Waals surface area (Å²) < 4.78 is 0.866. The Morgan fingerprint density at radius 2 is 1.33 bits per heavy atom. The van der Waals surface area contributed by atoms with E-state index in [-0.39, 0.29) is 5.91 Å². The van der Waals surface area contributed by atoms with E-state index in [2.05, 4.69) is 50.5 Å². The Morgan fingerprint density at radius 3 is 2.20 bits per heavy atom. The van der Waals surface area contributed by atoms with Crippen LogP contribution in [0.15, 0.2) is 102 Å². The fraction of sp³-hybridized carbons (Fsp3) is 0. The molecule has 0 fully saturated rings. The highest BCUT2D eigenvalue weighted by Gasteiger charge is 2.16. The molecule has 3 nitrogen and oxygen atoms in total. The van der Waals surface area contributed by atoms with Gasteiger partial charge in [-0.1, -0.05) is 84.9 Å². The first-order valence-electron chi connectivity index (χ1n) is 9.64. The van der Waals surface area contributed by atoms with Crippen molar-refractivity contribution in [2.75, 3.05) is 5.32 Å². The third kappa shape index (κ3) is 3.25. The van der Waals surface area contributed by atoms with Gasteiger partial charge in [0.05, 0.1) is 0 Å². The van der Waals surface area contributed by atoms with Crippen LogP contribution < -0.4 is 5.32 Å². The number of anilines is 1. The number of aromatic nitrogens is 1. The predicted octanol–water partition coefficient (Wildman–Crippen LogP) is 7.07. The van der Waals surface area contributed by atoms with E-state index in [4.69, 9.17) is 0 Å². The van der Waals surface area contributed by atoms with Gasteiger partial charge >= 0.3 is 0 Å². The van der Waals surface area contributed by atoms with Crippen LogP contribution in [0.3, 0.4) is 0 Å². The number of nitrogens with zero attached hydrogens (tertiary/aromatic N) is 1. The Morgan fingerprint density at radius 1 is 0.700 bits per heavy atom. The number of hydrogen-bond donors (Lipinski definition) is 1. The molecule has 0 spiro atoms. The largest absolute Gasteiger partial charge is 0.320 e. The quantitative estimate of drug-likeness (QED) is 0.318. The van der Waals surface area contributed by atoms with Crippen molar-refractivity contribution >= 4 is 49.1 Å². The number of halogens is 1. The molecule has 1 aromatic heterocycles. The highest BCUT2D eigenvalue weighted by Crippen LogP contribution is 2.34. The Balaban J connectivity index is 1.59. The van der Waals surface area contributed by atoms with Crippen LogP contribution in [-0.4, -0.2) is 10.9 Å². The maximum absolute atomic E-state index is 13.2. The molecular formula is C26H17BrN2O. The molecule has 5 aromatic rings. The number of nitrogens with one attached hydrogen (secondary N) is 1. The minimum absolute atomic E-state index is 0.230. The van der Waals surface area contributed by atoms with Gasteiger partial charge in [-0.2, -0.15) is 0 Å². The fourth-order valence-corrected chi connectivity index (χ4v) is 4.26. The molecule has 0 aliphatic heterocycles. The van der Waals surface area contributed by atoms with Crippen LogP contribution in [0.1, 0.15) is 10.5 Å². The second-order valence-electron chi connectivity index (χ2n) is 7.03. The summed E-state index contributed by atoms with van der Waals surface area (Å²) in [7, 11) is 0. The number of fused-ring (bicyclic) bond motifs is 2. The highest BCUT2D eigenvalue weighted by atomic mass is 79.9. The van der Waals surface area contributed by atoms with Gasteiger partial charge in [0.15, 0.2) is 0 Å². The van der Waals surface area contributed by atoms with Crippen molar-refractivity contribution in [3.63, 3.8) is 0 Å². The van der Waals surface area contributed by atoms with E-state index >= 15 is 0 Å². The second kappa shape index (κ2) is 7.73. The molecule has 0 unspecified atom stereocenters. The topological polar surface area (TPSA) is 42.0 Å². The molecule has 1 amide bonds. The van der Waals surface area contributed by atoms with E-state index in [1.54, 1.807) is 6.20 Å². The average Bonchev–Trinajstić information content (AvgIpc) is 2.79. The average molecular weight is 453 g/mol. The lowest BCUT2D eigenvalue weighted by atomic mass is 9.97. The molecule has 5 rings (SSSR count). The lowest BCUT2D eigenvalue weighted by Gasteiger charge is -2.14. The van der Waals surface area contributed by atoms with Crippen molar-refractivity contribution in [1.29, 1.82) is 0 Å². The lowest BCUT2D eigenvalue weighted by Crippen LogP contribution is -2.15. The first-order chi connectivity index (χ1) is 14.7. The molecule has 1 heterocycles. The molecule has 30 heavy (non-hydrogen) atoms. The predicted molar refractivity (Wildman–Crippen MR) is 127 cm³/mol. The highest BCUT2D eigenvalue weighted by molar-refractivity contribution is 9.10. The molecule has 0 atom stereocenters. The summed E-state index contributed by atoms with van der Waals surface area (Å²) >= 11 is 3.52. The number of para-hydroxylation sites is 1. The van der Waals surface area contributed by atoms with E-state index < -0.39 is 0 Å². The van der Waals surface area contributed by atoms with Crippen molar-refractivity contribution in [2.45, 2.75) is 0 Å². The number of pyridine rings is 1. The zero-order valence-corrected chi connectivity index (χ0v) is 17.6. The monoisotopic (exact) mass is 452 g/mol. The second-order valence-corrected chi connectivity index (χ2v) is 7.88. The molecule has 4 heteroatoms. The third-order valence-electron chi connectivity index (χ3n) is 5.22. The first kappa shape index (κ1) is 18.5. The Kier molecular flexibility index (Phi) is 4.77. The van der Waals surface area contributed by atoms with Crippen molar-refractivity contribution in [3.05, 3.63) is 107 Å². The molecule has 0 bridgehead atoms. The Labute approximate surface area is 182 Å². The van der Waals surface area contributed by atoms with E-state index in [1.165, 1.54) is 0 Å². The minimum atomic E-state index is -0.230. The van der Waals surface area contributed by atoms with Crippen LogP contribution in [0.2, 0.25) is 0 Å². The maximum Gasteiger partial charge on any atom is 0.274 e. The van der Waals surface area contributed by atoms with Crippen LogP contribution in [0.5, 0.6) is 0 Å². The molecular weight excluding hydrogens is 436 g/mol. The summed E-state index contributed by atoms with van der Waals surface area (Å²) in [6, 6.07) is 30.1. The van der Waals surface area contributed by atoms with Gasteiger partial charge in [-0.05, 0) is 43.7 Å². The molecule has 4 aromatic carbocycles. The molecule has 0 radical (unpaired) electrons. The molecule has 0 aliphatic rings. The van der Waals surface area contributed by atoms with Gasteiger partial charge in [0.2, 0.25) is 0 Å². The van der Waals surface area contributed by atoms with Gasteiger partial charge in [0.1, 0.15) is 5.69 Å². The van der Waals surface area contributed by atoms with Crippen molar-refractivity contribution in [2.24, 2.45) is 0 Å². The zero-order chi connectivity index (χ0) is 20.5. The lowest BCUT2D eigenvalue weighted by molar-refractivity contribution is 0.102. The fourth-order valence-electron chi connectivity index (χ4n) is 3.81. The molecule has 0 saturated carbocycles. The van der Waals surface area contributed by atoms with Gasteiger partial charge in [-0.25, -0.2) is 4.98 Å². The minimum Gasteiger partial charge on any atom is -0.320 e. The van der Waals surface area contributed by atoms with E-state index in [0.717, 1.165) is 42.8 Å². The van der Waals surface area contributed by atoms with Crippen LogP contribution in [-0.2, 0) is 0 Å². The van der Waals surface area contributed by atoms with Crippen molar-refractivity contribution in [3.8, 4) is 11.1 Å². The molecule has 0 aliphatic carbocycles. The summed E-state index contributed by atoms with van der Waals surface area (Å²) in [6.45, 7) is 0. The number of carbonyl (C=O) groups is 1. The normalized spacial score (nSPS) is 11.0. The number of hydrogen-bond acceptors (Lipinski definition) is 2. The van der Waals surface area contributed by atoms with Crippen LogP contribution >= 0.6 is 15.9 Å². The summed E-state index contributed by atoms with van der Waals surface area (Å²) in [5, 5.41) is 7.17. The van der Waals surface area contributed by atoms with Crippen LogP contribution in [0.25, 0.3) is 32.7 Å². The SMILES string of the molecule is O=C(Nc1ccccc1-c1cccc2ccccc12)c1ncc(Br)c2ccccc12. The van der Waals surface area contributed by atoms with E-state index in [0.29, 0.717) is 5.69 Å². The molecule has 1 N–H and O–H groups in total. The number of amides is 1. The van der Waals surface area contributed by atoms with E-state index in [1.807, 2.05) is 66.7 Å². The van der Waals surface area contributed by atoms with Crippen LogP contribution in [0, 0.1) is 0 Å². The van der Waals surface area contributed by atoms with Crippen LogP contribution in [0.4, 0.5) is 5.69 Å². The Bertz CT molecular complexity index is 1410. The number of rotatable bonds is 3. The van der Waals surface area contributed by atoms with E-state index in [9.17, 15) is 4.79 Å². The summed E-state index contributed by atoms with van der Waals surface area (Å²) in [5.74, 6) is -0.230. The number of benzene rings is 4. The smallest absolute Gasteiger partial charge is 0.274 e. The maximum atomic E-state index is 13.2. The van der Waals surface area contributed by atoms with Gasteiger partial charge in [-0.3, -0.25) is 4.79 Å². The standard InChI is InChI=1S/C26H17BrN2O/c27-23-16-28-25(22-13-4-3-11-20(22)23)26(30)29-24-15-6-5-12-21(24)19-14-7-9-17-8-1-2-10-18(17)19/h1-16H,(H,29,30).